The number of aliphatic imine (C=N–C) groups is 1. The molecule has 0 amide bonds. The average Bonchev–Trinajstić information content (AvgIpc) is 2.53. The van der Waals surface area contributed by atoms with Crippen molar-refractivity contribution in [3.8, 4) is 11.5 Å². The van der Waals surface area contributed by atoms with Crippen molar-refractivity contribution in [2.24, 2.45) is 4.99 Å². The lowest BCUT2D eigenvalue weighted by molar-refractivity contribution is -0.890. The van der Waals surface area contributed by atoms with Gasteiger partial charge in [-0.2, -0.15) is 0 Å². The smallest absolute Gasteiger partial charge is 0.133 e. The molecule has 2 rings (SSSR count). The molecule has 0 unspecified atom stereocenters. The number of para-hydroxylation sites is 1. The van der Waals surface area contributed by atoms with Gasteiger partial charge >= 0.3 is 0 Å². The fourth-order valence-corrected chi connectivity index (χ4v) is 2.33. The summed E-state index contributed by atoms with van der Waals surface area (Å²) in [4.78, 5) is 5.80. The van der Waals surface area contributed by atoms with Crippen molar-refractivity contribution in [2.45, 2.75) is 6.04 Å². The van der Waals surface area contributed by atoms with Gasteiger partial charge < -0.3 is 14.7 Å². The summed E-state index contributed by atoms with van der Waals surface area (Å²) in [6, 6.07) is 15.5. The minimum Gasteiger partial charge on any atom is -0.507 e. The Kier molecular flexibility index (Phi) is 5.55. The van der Waals surface area contributed by atoms with Gasteiger partial charge in [0.2, 0.25) is 0 Å². The maximum atomic E-state index is 9.76. The lowest BCUT2D eigenvalue weighted by Crippen LogP contribution is -3.06. The van der Waals surface area contributed by atoms with Crippen molar-refractivity contribution in [3.63, 3.8) is 0 Å². The first kappa shape index (κ1) is 16.0. The topological polar surface area (TPSA) is 46.3 Å². The summed E-state index contributed by atoms with van der Waals surface area (Å²) in [7, 11) is 5.90. The van der Waals surface area contributed by atoms with Crippen molar-refractivity contribution in [1.29, 1.82) is 0 Å². The fraction of sp³-hybridized carbons (Fsp3) is 0.278. The normalized spacial score (nSPS) is 12.7. The maximum Gasteiger partial charge on any atom is 0.133 e. The van der Waals surface area contributed by atoms with Gasteiger partial charge in [-0.3, -0.25) is 4.99 Å². The van der Waals surface area contributed by atoms with Crippen molar-refractivity contribution in [3.05, 3.63) is 59.7 Å². The lowest BCUT2D eigenvalue weighted by Gasteiger charge is -2.20. The van der Waals surface area contributed by atoms with Crippen LogP contribution >= 0.6 is 0 Å². The lowest BCUT2D eigenvalue weighted by atomic mass is 10.1. The van der Waals surface area contributed by atoms with Crippen LogP contribution in [-0.2, 0) is 0 Å². The molecule has 0 saturated carbocycles. The van der Waals surface area contributed by atoms with E-state index in [1.807, 2.05) is 30.3 Å². The summed E-state index contributed by atoms with van der Waals surface area (Å²) < 4.78 is 5.29. The number of hydrogen-bond donors (Lipinski definition) is 2. The molecule has 0 bridgehead atoms. The Morgan fingerprint density at radius 1 is 1.18 bits per heavy atom. The molecular weight excluding hydrogens is 276 g/mol. The molecule has 2 aromatic carbocycles. The van der Waals surface area contributed by atoms with Crippen LogP contribution in [0.3, 0.4) is 0 Å². The first-order valence-electron chi connectivity index (χ1n) is 7.33. The van der Waals surface area contributed by atoms with Crippen molar-refractivity contribution in [1.82, 2.24) is 0 Å². The largest absolute Gasteiger partial charge is 0.507 e. The number of benzene rings is 2. The second kappa shape index (κ2) is 7.61. The molecule has 2 aromatic rings. The van der Waals surface area contributed by atoms with E-state index in [1.54, 1.807) is 25.5 Å². The van der Waals surface area contributed by atoms with E-state index in [-0.39, 0.29) is 11.8 Å². The molecule has 22 heavy (non-hydrogen) atoms. The van der Waals surface area contributed by atoms with E-state index in [2.05, 4.69) is 25.2 Å². The van der Waals surface area contributed by atoms with E-state index in [1.165, 1.54) is 10.5 Å². The Bertz CT molecular complexity index is 638. The molecule has 0 spiro atoms. The van der Waals surface area contributed by atoms with Crippen LogP contribution in [-0.4, -0.2) is 39.1 Å². The monoisotopic (exact) mass is 299 g/mol. The molecule has 0 saturated heterocycles. The second-order valence-electron chi connectivity index (χ2n) is 5.46. The van der Waals surface area contributed by atoms with Gasteiger partial charge in [0, 0.05) is 17.3 Å². The summed E-state index contributed by atoms with van der Waals surface area (Å²) in [6.07, 6.45) is 1.73. The third-order valence-electron chi connectivity index (χ3n) is 3.65. The van der Waals surface area contributed by atoms with Crippen LogP contribution in [0.15, 0.2) is 53.5 Å². The van der Waals surface area contributed by atoms with E-state index >= 15 is 0 Å². The standard InChI is InChI=1S/C18H22N2O2/c1-20(2)17(14-8-6-9-16(11-14)22-3)13-19-12-15-7-4-5-10-18(15)21/h4-12,17,21H,13H2,1-3H3/p+1/t17-/m1/s1. The summed E-state index contributed by atoms with van der Waals surface area (Å²) in [6.45, 7) is 0.643. The van der Waals surface area contributed by atoms with Gasteiger partial charge in [0.25, 0.3) is 0 Å². The molecule has 4 heteroatoms. The molecule has 1 atom stereocenters. The van der Waals surface area contributed by atoms with E-state index in [0.29, 0.717) is 6.54 Å². The zero-order valence-corrected chi connectivity index (χ0v) is 13.3. The summed E-state index contributed by atoms with van der Waals surface area (Å²) in [5.41, 5.74) is 1.93. The van der Waals surface area contributed by atoms with Crippen molar-refractivity contribution in [2.75, 3.05) is 27.7 Å². The molecule has 2 N–H and O–H groups in total. The van der Waals surface area contributed by atoms with E-state index in [0.717, 1.165) is 11.3 Å². The fourth-order valence-electron chi connectivity index (χ4n) is 2.33. The number of ether oxygens (including phenoxy) is 1. The average molecular weight is 299 g/mol. The van der Waals surface area contributed by atoms with Crippen LogP contribution < -0.4 is 9.64 Å². The van der Waals surface area contributed by atoms with E-state index in [4.69, 9.17) is 4.74 Å². The van der Waals surface area contributed by atoms with E-state index < -0.39 is 0 Å². The molecule has 0 aromatic heterocycles. The maximum absolute atomic E-state index is 9.76. The minimum atomic E-state index is 0.234. The number of likely N-dealkylation sites (N-methyl/N-ethyl adjacent to an activating group) is 1. The van der Waals surface area contributed by atoms with Crippen LogP contribution in [0.25, 0.3) is 0 Å². The summed E-state index contributed by atoms with van der Waals surface area (Å²) in [5.74, 6) is 1.11. The Balaban J connectivity index is 2.14. The van der Waals surface area contributed by atoms with Gasteiger partial charge in [-0.05, 0) is 24.3 Å². The minimum absolute atomic E-state index is 0.234. The van der Waals surface area contributed by atoms with Crippen LogP contribution in [0, 0.1) is 0 Å². The summed E-state index contributed by atoms with van der Waals surface area (Å²) in [5, 5.41) is 9.76. The zero-order valence-electron chi connectivity index (χ0n) is 13.3. The van der Waals surface area contributed by atoms with Crippen LogP contribution in [0.1, 0.15) is 17.2 Å². The van der Waals surface area contributed by atoms with Crippen molar-refractivity contribution >= 4 is 6.21 Å². The Morgan fingerprint density at radius 3 is 2.64 bits per heavy atom. The number of nitrogens with one attached hydrogen (secondary N) is 1. The van der Waals surface area contributed by atoms with Gasteiger partial charge in [-0.15, -0.1) is 0 Å². The molecular formula is C18H23N2O2+. The van der Waals surface area contributed by atoms with Gasteiger partial charge in [-0.1, -0.05) is 24.3 Å². The van der Waals surface area contributed by atoms with Gasteiger partial charge in [0.1, 0.15) is 17.5 Å². The number of methoxy groups -OCH3 is 1. The molecule has 4 nitrogen and oxygen atoms in total. The highest BCUT2D eigenvalue weighted by Gasteiger charge is 2.17. The number of phenols is 1. The summed E-state index contributed by atoms with van der Waals surface area (Å²) >= 11 is 0. The first-order chi connectivity index (χ1) is 10.6. The Hall–Kier alpha value is -2.33. The number of rotatable bonds is 6. The van der Waals surface area contributed by atoms with Crippen LogP contribution in [0.2, 0.25) is 0 Å². The third-order valence-corrected chi connectivity index (χ3v) is 3.65. The first-order valence-corrected chi connectivity index (χ1v) is 7.33. The molecule has 0 aliphatic carbocycles. The van der Waals surface area contributed by atoms with Gasteiger partial charge in [-0.25, -0.2) is 0 Å². The number of hydrogen-bond acceptors (Lipinski definition) is 3. The highest BCUT2D eigenvalue weighted by Crippen LogP contribution is 2.18. The highest BCUT2D eigenvalue weighted by atomic mass is 16.5. The molecule has 0 fully saturated rings. The van der Waals surface area contributed by atoms with E-state index in [9.17, 15) is 5.11 Å². The van der Waals surface area contributed by atoms with Gasteiger partial charge in [0.15, 0.2) is 0 Å². The zero-order chi connectivity index (χ0) is 15.9. The highest BCUT2D eigenvalue weighted by molar-refractivity contribution is 5.83. The van der Waals surface area contributed by atoms with Gasteiger partial charge in [0.05, 0.1) is 27.7 Å². The second-order valence-corrected chi connectivity index (χ2v) is 5.46. The predicted molar refractivity (Wildman–Crippen MR) is 89.1 cm³/mol. The molecule has 0 aliphatic heterocycles. The molecule has 0 heterocycles. The Labute approximate surface area is 131 Å². The number of nitrogens with zero attached hydrogens (tertiary/aromatic N) is 1. The molecule has 0 radical (unpaired) electrons. The Morgan fingerprint density at radius 2 is 1.95 bits per heavy atom. The number of quaternary nitrogens is 1. The third kappa shape index (κ3) is 4.09. The van der Waals surface area contributed by atoms with Crippen LogP contribution in [0.5, 0.6) is 11.5 Å². The van der Waals surface area contributed by atoms with Crippen molar-refractivity contribution < 1.29 is 14.7 Å². The number of aromatic hydroxyl groups is 1. The quantitative estimate of drug-likeness (QED) is 0.798. The predicted octanol–water partition coefficient (Wildman–Crippen LogP) is 1.71. The molecule has 0 aliphatic rings. The molecule has 116 valence electrons. The van der Waals surface area contributed by atoms with Crippen LogP contribution in [0.4, 0.5) is 0 Å². The number of phenolic OH excluding ortho intramolecular Hbond substituents is 1. The SMILES string of the molecule is COc1cccc([C@@H](CN=Cc2ccccc2O)[NH+](C)C)c1.